The quantitative estimate of drug-likeness (QED) is 0.730. The smallest absolute Gasteiger partial charge is 0.0785 e. The fourth-order valence-corrected chi connectivity index (χ4v) is 2.46. The molecule has 4 unspecified atom stereocenters. The monoisotopic (exact) mass is 229 g/mol. The standard InChI is InChI=1S/C13H27NO2/c1-10-4-5-12(8-11(10)2)14-7-6-13(15)9-16-3/h10-15H,4-9H2,1-3H3. The highest BCUT2D eigenvalue weighted by molar-refractivity contribution is 4.79. The first-order valence-electron chi connectivity index (χ1n) is 6.53. The van der Waals surface area contributed by atoms with Crippen LogP contribution in [0.2, 0.25) is 0 Å². The van der Waals surface area contributed by atoms with E-state index in [1.165, 1.54) is 19.3 Å². The third-order valence-electron chi connectivity index (χ3n) is 3.87. The van der Waals surface area contributed by atoms with Crippen molar-refractivity contribution in [3.05, 3.63) is 0 Å². The van der Waals surface area contributed by atoms with Gasteiger partial charge in [0.05, 0.1) is 12.7 Å². The zero-order valence-corrected chi connectivity index (χ0v) is 10.9. The Bertz CT molecular complexity index is 187. The summed E-state index contributed by atoms with van der Waals surface area (Å²) in [4.78, 5) is 0. The molecule has 4 atom stereocenters. The van der Waals surface area contributed by atoms with Crippen LogP contribution in [0.3, 0.4) is 0 Å². The van der Waals surface area contributed by atoms with Crippen LogP contribution in [0.15, 0.2) is 0 Å². The molecule has 0 amide bonds. The Morgan fingerprint density at radius 1 is 1.31 bits per heavy atom. The molecule has 16 heavy (non-hydrogen) atoms. The minimum absolute atomic E-state index is 0.322. The van der Waals surface area contributed by atoms with Crippen LogP contribution in [0, 0.1) is 11.8 Å². The maximum atomic E-state index is 9.51. The van der Waals surface area contributed by atoms with Crippen LogP contribution in [0.4, 0.5) is 0 Å². The Morgan fingerprint density at radius 3 is 2.69 bits per heavy atom. The predicted molar refractivity (Wildman–Crippen MR) is 66.5 cm³/mol. The molecule has 0 heterocycles. The van der Waals surface area contributed by atoms with Gasteiger partial charge in [-0.1, -0.05) is 13.8 Å². The lowest BCUT2D eigenvalue weighted by Crippen LogP contribution is -2.37. The van der Waals surface area contributed by atoms with Crippen molar-refractivity contribution in [2.24, 2.45) is 11.8 Å². The molecule has 1 aliphatic rings. The van der Waals surface area contributed by atoms with E-state index in [2.05, 4.69) is 19.2 Å². The predicted octanol–water partition coefficient (Wildman–Crippen LogP) is 1.80. The fourth-order valence-electron chi connectivity index (χ4n) is 2.46. The molecule has 3 nitrogen and oxygen atoms in total. The Hall–Kier alpha value is -0.120. The summed E-state index contributed by atoms with van der Waals surface area (Å²) in [6.07, 6.45) is 4.36. The van der Waals surface area contributed by atoms with Gasteiger partial charge in [0.25, 0.3) is 0 Å². The van der Waals surface area contributed by atoms with Gasteiger partial charge in [-0.2, -0.15) is 0 Å². The summed E-state index contributed by atoms with van der Waals surface area (Å²) in [5, 5.41) is 13.1. The number of ether oxygens (including phenoxy) is 1. The second-order valence-electron chi connectivity index (χ2n) is 5.32. The first-order chi connectivity index (χ1) is 7.63. The van der Waals surface area contributed by atoms with Gasteiger partial charge in [-0.05, 0) is 44.1 Å². The zero-order chi connectivity index (χ0) is 12.0. The first kappa shape index (κ1) is 13.9. The summed E-state index contributed by atoms with van der Waals surface area (Å²) in [7, 11) is 1.63. The average molecular weight is 229 g/mol. The van der Waals surface area contributed by atoms with Gasteiger partial charge in [0, 0.05) is 13.2 Å². The highest BCUT2D eigenvalue weighted by Gasteiger charge is 2.23. The summed E-state index contributed by atoms with van der Waals surface area (Å²) in [5.41, 5.74) is 0. The van der Waals surface area contributed by atoms with Gasteiger partial charge in [-0.3, -0.25) is 0 Å². The molecule has 0 aromatic rings. The van der Waals surface area contributed by atoms with Crippen LogP contribution in [-0.2, 0) is 4.74 Å². The molecule has 0 aromatic carbocycles. The number of methoxy groups -OCH3 is 1. The summed E-state index contributed by atoms with van der Waals surface area (Å²) in [6, 6.07) is 0.654. The van der Waals surface area contributed by atoms with E-state index in [0.29, 0.717) is 12.6 Å². The van der Waals surface area contributed by atoms with E-state index in [1.54, 1.807) is 7.11 Å². The summed E-state index contributed by atoms with van der Waals surface area (Å²) in [6.45, 7) is 6.04. The maximum Gasteiger partial charge on any atom is 0.0785 e. The Labute approximate surface area is 99.6 Å². The summed E-state index contributed by atoms with van der Waals surface area (Å²) < 4.78 is 4.90. The molecule has 0 spiro atoms. The molecule has 2 N–H and O–H groups in total. The minimum Gasteiger partial charge on any atom is -0.391 e. The third-order valence-corrected chi connectivity index (χ3v) is 3.87. The van der Waals surface area contributed by atoms with E-state index in [1.807, 2.05) is 0 Å². The van der Waals surface area contributed by atoms with Gasteiger partial charge in [-0.15, -0.1) is 0 Å². The van der Waals surface area contributed by atoms with Crippen molar-refractivity contribution in [3.8, 4) is 0 Å². The van der Waals surface area contributed by atoms with Gasteiger partial charge in [0.1, 0.15) is 0 Å². The van der Waals surface area contributed by atoms with Crippen LogP contribution in [-0.4, -0.2) is 37.5 Å². The van der Waals surface area contributed by atoms with Gasteiger partial charge in [-0.25, -0.2) is 0 Å². The number of aliphatic hydroxyl groups is 1. The first-order valence-corrected chi connectivity index (χ1v) is 6.53. The molecule has 96 valence electrons. The van der Waals surface area contributed by atoms with Crippen molar-refractivity contribution in [1.82, 2.24) is 5.32 Å². The molecule has 1 rings (SSSR count). The van der Waals surface area contributed by atoms with E-state index in [9.17, 15) is 5.11 Å². The van der Waals surface area contributed by atoms with E-state index in [4.69, 9.17) is 4.74 Å². The van der Waals surface area contributed by atoms with Gasteiger partial charge in [0.15, 0.2) is 0 Å². The van der Waals surface area contributed by atoms with Crippen molar-refractivity contribution in [1.29, 1.82) is 0 Å². The van der Waals surface area contributed by atoms with Crippen LogP contribution in [0.5, 0.6) is 0 Å². The zero-order valence-electron chi connectivity index (χ0n) is 10.9. The molecule has 1 fully saturated rings. The second kappa shape index (κ2) is 7.25. The fraction of sp³-hybridized carbons (Fsp3) is 1.00. The number of hydrogen-bond donors (Lipinski definition) is 2. The van der Waals surface area contributed by atoms with E-state index in [0.717, 1.165) is 24.8 Å². The molecular formula is C13H27NO2. The molecular weight excluding hydrogens is 202 g/mol. The number of aliphatic hydroxyl groups excluding tert-OH is 1. The second-order valence-corrected chi connectivity index (χ2v) is 5.32. The van der Waals surface area contributed by atoms with E-state index >= 15 is 0 Å². The Kier molecular flexibility index (Phi) is 6.32. The lowest BCUT2D eigenvalue weighted by molar-refractivity contribution is 0.0583. The van der Waals surface area contributed by atoms with Crippen molar-refractivity contribution in [3.63, 3.8) is 0 Å². The number of nitrogens with one attached hydrogen (secondary N) is 1. The van der Waals surface area contributed by atoms with Crippen LogP contribution in [0.1, 0.15) is 39.5 Å². The summed E-state index contributed by atoms with van der Waals surface area (Å²) >= 11 is 0. The largest absolute Gasteiger partial charge is 0.391 e. The molecule has 1 saturated carbocycles. The Balaban J connectivity index is 2.09. The van der Waals surface area contributed by atoms with Crippen molar-refractivity contribution < 1.29 is 9.84 Å². The van der Waals surface area contributed by atoms with Crippen molar-refractivity contribution in [2.75, 3.05) is 20.3 Å². The lowest BCUT2D eigenvalue weighted by atomic mass is 9.79. The van der Waals surface area contributed by atoms with E-state index in [-0.39, 0.29) is 6.10 Å². The van der Waals surface area contributed by atoms with E-state index < -0.39 is 0 Å². The molecule has 0 aliphatic heterocycles. The van der Waals surface area contributed by atoms with Crippen LogP contribution >= 0.6 is 0 Å². The van der Waals surface area contributed by atoms with Gasteiger partial charge in [0.2, 0.25) is 0 Å². The third kappa shape index (κ3) is 4.81. The maximum absolute atomic E-state index is 9.51. The van der Waals surface area contributed by atoms with Gasteiger partial charge < -0.3 is 15.2 Å². The van der Waals surface area contributed by atoms with Crippen molar-refractivity contribution >= 4 is 0 Å². The lowest BCUT2D eigenvalue weighted by Gasteiger charge is -2.32. The highest BCUT2D eigenvalue weighted by atomic mass is 16.5. The normalized spacial score (nSPS) is 32.6. The molecule has 0 bridgehead atoms. The van der Waals surface area contributed by atoms with Gasteiger partial charge >= 0.3 is 0 Å². The molecule has 1 aliphatic carbocycles. The van der Waals surface area contributed by atoms with Crippen molar-refractivity contribution in [2.45, 2.75) is 51.7 Å². The Morgan fingerprint density at radius 2 is 2.06 bits per heavy atom. The molecule has 3 heteroatoms. The van der Waals surface area contributed by atoms with Crippen LogP contribution in [0.25, 0.3) is 0 Å². The SMILES string of the molecule is COCC(O)CCNC1CCC(C)C(C)C1. The molecule has 0 aromatic heterocycles. The van der Waals surface area contributed by atoms with Crippen LogP contribution < -0.4 is 5.32 Å². The highest BCUT2D eigenvalue weighted by Crippen LogP contribution is 2.29. The summed E-state index contributed by atoms with van der Waals surface area (Å²) in [5.74, 6) is 1.70. The molecule has 0 saturated heterocycles. The number of rotatable bonds is 6. The average Bonchev–Trinajstić information content (AvgIpc) is 2.24. The minimum atomic E-state index is -0.322. The topological polar surface area (TPSA) is 41.5 Å². The number of hydrogen-bond acceptors (Lipinski definition) is 3. The molecule has 0 radical (unpaired) electrons.